The summed E-state index contributed by atoms with van der Waals surface area (Å²) in [5, 5.41) is 9.54. The molecule has 7 heteroatoms. The predicted molar refractivity (Wildman–Crippen MR) is 65.2 cm³/mol. The molecule has 0 fully saturated rings. The molecule has 5 nitrogen and oxygen atoms in total. The molecule has 1 N–H and O–H groups in total. The van der Waals surface area contributed by atoms with Crippen molar-refractivity contribution in [3.8, 4) is 0 Å². The number of carboxylic acids is 1. The van der Waals surface area contributed by atoms with Crippen molar-refractivity contribution in [2.45, 2.75) is 26.3 Å². The predicted octanol–water partition coefficient (Wildman–Crippen LogP) is 2.18. The third-order valence-electron chi connectivity index (χ3n) is 2.14. The molecule has 0 spiro atoms. The Hall–Kier alpha value is -1.14. The van der Waals surface area contributed by atoms with E-state index in [1.54, 1.807) is 0 Å². The zero-order chi connectivity index (χ0) is 13.0. The molecular formula is C10H13ClN2O3S. The van der Waals surface area contributed by atoms with Gasteiger partial charge in [0.05, 0.1) is 6.20 Å². The number of nitrogens with zero attached hydrogens (tertiary/aromatic N) is 2. The largest absolute Gasteiger partial charge is 0.479 e. The van der Waals surface area contributed by atoms with Gasteiger partial charge in [-0.1, -0.05) is 18.5 Å². The molecule has 1 amide bonds. The van der Waals surface area contributed by atoms with Crippen LogP contribution in [0.5, 0.6) is 0 Å². The first-order valence-electron chi connectivity index (χ1n) is 5.08. The fourth-order valence-corrected chi connectivity index (χ4v) is 2.51. The number of amides is 1. The van der Waals surface area contributed by atoms with Crippen LogP contribution in [-0.4, -0.2) is 33.4 Å². The summed E-state index contributed by atoms with van der Waals surface area (Å²) in [7, 11) is 0. The lowest BCUT2D eigenvalue weighted by molar-refractivity contribution is -0.149. The van der Waals surface area contributed by atoms with Crippen molar-refractivity contribution >= 4 is 34.8 Å². The van der Waals surface area contributed by atoms with Crippen molar-refractivity contribution in [2.24, 2.45) is 0 Å². The number of halogens is 1. The number of hydrogen-bond acceptors (Lipinski definition) is 4. The van der Waals surface area contributed by atoms with E-state index in [2.05, 4.69) is 4.98 Å². The van der Waals surface area contributed by atoms with Crippen LogP contribution >= 0.6 is 22.9 Å². The van der Waals surface area contributed by atoms with Gasteiger partial charge in [-0.2, -0.15) is 0 Å². The second-order valence-corrected chi connectivity index (χ2v) is 5.15. The van der Waals surface area contributed by atoms with E-state index in [0.29, 0.717) is 22.3 Å². The summed E-state index contributed by atoms with van der Waals surface area (Å²) in [6.45, 7) is 3.61. The third kappa shape index (κ3) is 3.41. The van der Waals surface area contributed by atoms with Crippen molar-refractivity contribution in [3.63, 3.8) is 0 Å². The van der Waals surface area contributed by atoms with Crippen LogP contribution in [-0.2, 0) is 9.59 Å². The Morgan fingerprint density at radius 3 is 2.65 bits per heavy atom. The number of aromatic nitrogens is 1. The van der Waals surface area contributed by atoms with Gasteiger partial charge in [0.25, 0.3) is 0 Å². The van der Waals surface area contributed by atoms with Gasteiger partial charge in [0.15, 0.2) is 6.04 Å². The van der Waals surface area contributed by atoms with Crippen LogP contribution in [0.25, 0.3) is 0 Å². The third-order valence-corrected chi connectivity index (χ3v) is 3.31. The van der Waals surface area contributed by atoms with Crippen molar-refractivity contribution < 1.29 is 14.7 Å². The Morgan fingerprint density at radius 2 is 2.29 bits per heavy atom. The fraction of sp³-hybridized carbons (Fsp3) is 0.500. The number of aliphatic carboxylic acids is 1. The molecule has 17 heavy (non-hydrogen) atoms. The Labute approximate surface area is 108 Å². The van der Waals surface area contributed by atoms with Gasteiger partial charge in [-0.25, -0.2) is 9.78 Å². The molecule has 1 heterocycles. The Morgan fingerprint density at radius 1 is 1.65 bits per heavy atom. The summed E-state index contributed by atoms with van der Waals surface area (Å²) in [6.07, 6.45) is 2.07. The van der Waals surface area contributed by atoms with E-state index < -0.39 is 12.0 Å². The van der Waals surface area contributed by atoms with E-state index >= 15 is 0 Å². The van der Waals surface area contributed by atoms with E-state index in [0.717, 1.165) is 11.3 Å². The van der Waals surface area contributed by atoms with Gasteiger partial charge in [0.2, 0.25) is 5.91 Å². The molecule has 0 aliphatic heterocycles. The maximum absolute atomic E-state index is 11.5. The number of carboxylic acid groups (broad SMARTS) is 1. The van der Waals surface area contributed by atoms with Crippen molar-refractivity contribution in [3.05, 3.63) is 15.5 Å². The minimum atomic E-state index is -1.10. The average molecular weight is 277 g/mol. The fourth-order valence-electron chi connectivity index (χ4n) is 1.47. The molecule has 1 atom stereocenters. The van der Waals surface area contributed by atoms with Gasteiger partial charge in [0.1, 0.15) is 9.34 Å². The van der Waals surface area contributed by atoms with Gasteiger partial charge in [-0.05, 0) is 6.42 Å². The molecule has 0 aliphatic rings. The second-order valence-electron chi connectivity index (χ2n) is 3.46. The maximum atomic E-state index is 11.5. The number of hydrogen-bond donors (Lipinski definition) is 1. The summed E-state index contributed by atoms with van der Waals surface area (Å²) in [6, 6.07) is -1.05. The average Bonchev–Trinajstić information content (AvgIpc) is 2.63. The highest BCUT2D eigenvalue weighted by atomic mass is 35.5. The van der Waals surface area contributed by atoms with Gasteiger partial charge >= 0.3 is 5.97 Å². The number of carbonyl (C=O) groups excluding carboxylic acids is 1. The van der Waals surface area contributed by atoms with Crippen molar-refractivity contribution in [1.82, 2.24) is 9.88 Å². The van der Waals surface area contributed by atoms with Crippen LogP contribution in [0.15, 0.2) is 6.20 Å². The van der Waals surface area contributed by atoms with E-state index in [1.165, 1.54) is 18.0 Å². The van der Waals surface area contributed by atoms with Crippen LogP contribution in [0, 0.1) is 0 Å². The zero-order valence-corrected chi connectivity index (χ0v) is 11.1. The minimum absolute atomic E-state index is 0.287. The molecule has 0 saturated heterocycles. The lowest BCUT2D eigenvalue weighted by atomic mass is 10.2. The van der Waals surface area contributed by atoms with E-state index in [1.807, 2.05) is 6.92 Å². The Balaban J connectivity index is 3.06. The highest BCUT2D eigenvalue weighted by molar-refractivity contribution is 7.16. The molecule has 1 unspecified atom stereocenters. The van der Waals surface area contributed by atoms with E-state index in [4.69, 9.17) is 11.6 Å². The summed E-state index contributed by atoms with van der Waals surface area (Å²) < 4.78 is 0.409. The molecule has 0 saturated carbocycles. The highest BCUT2D eigenvalue weighted by Crippen LogP contribution is 2.28. The minimum Gasteiger partial charge on any atom is -0.479 e. The zero-order valence-electron chi connectivity index (χ0n) is 9.51. The van der Waals surface area contributed by atoms with Gasteiger partial charge in [-0.15, -0.1) is 11.3 Å². The smallest absolute Gasteiger partial charge is 0.333 e. The van der Waals surface area contributed by atoms with Crippen molar-refractivity contribution in [2.75, 3.05) is 6.54 Å². The summed E-state index contributed by atoms with van der Waals surface area (Å²) in [4.78, 5) is 27.9. The molecule has 94 valence electrons. The van der Waals surface area contributed by atoms with Crippen LogP contribution < -0.4 is 0 Å². The molecule has 1 rings (SSSR count). The van der Waals surface area contributed by atoms with Gasteiger partial charge in [-0.3, -0.25) is 4.79 Å². The highest BCUT2D eigenvalue weighted by Gasteiger charge is 2.31. The Bertz CT molecular complexity index is 421. The number of thiazole rings is 1. The molecule has 0 radical (unpaired) electrons. The maximum Gasteiger partial charge on any atom is 0.333 e. The van der Waals surface area contributed by atoms with Crippen LogP contribution in [0.3, 0.4) is 0 Å². The SMILES string of the molecule is CCCN(C(C)=O)C(C(=O)O)c1ncc(Cl)s1. The van der Waals surface area contributed by atoms with Crippen molar-refractivity contribution in [1.29, 1.82) is 0 Å². The van der Waals surface area contributed by atoms with Crippen LogP contribution in [0.4, 0.5) is 0 Å². The van der Waals surface area contributed by atoms with Gasteiger partial charge < -0.3 is 10.0 Å². The molecule has 0 bridgehead atoms. The van der Waals surface area contributed by atoms with E-state index in [9.17, 15) is 14.7 Å². The topological polar surface area (TPSA) is 70.5 Å². The molecular weight excluding hydrogens is 264 g/mol. The second kappa shape index (κ2) is 5.97. The van der Waals surface area contributed by atoms with Crippen LogP contribution in [0.1, 0.15) is 31.3 Å². The first-order valence-corrected chi connectivity index (χ1v) is 6.28. The summed E-state index contributed by atoms with van der Waals surface area (Å²) in [5.41, 5.74) is 0. The molecule has 0 aliphatic carbocycles. The summed E-state index contributed by atoms with van der Waals surface area (Å²) >= 11 is 6.81. The Kier molecular flexibility index (Phi) is 4.89. The van der Waals surface area contributed by atoms with E-state index in [-0.39, 0.29) is 5.91 Å². The first-order chi connectivity index (χ1) is 7.97. The quantitative estimate of drug-likeness (QED) is 0.895. The molecule has 0 aromatic carbocycles. The monoisotopic (exact) mass is 276 g/mol. The standard InChI is InChI=1S/C10H13ClN2O3S/c1-3-4-13(6(2)14)8(10(15)16)9-12-5-7(11)17-9/h5,8H,3-4H2,1-2H3,(H,15,16). The lowest BCUT2D eigenvalue weighted by Crippen LogP contribution is -2.38. The number of carbonyl (C=O) groups is 2. The normalized spacial score (nSPS) is 12.2. The lowest BCUT2D eigenvalue weighted by Gasteiger charge is -2.25. The molecule has 1 aromatic rings. The summed E-state index contributed by atoms with van der Waals surface area (Å²) in [5.74, 6) is -1.38. The van der Waals surface area contributed by atoms with Gasteiger partial charge in [0, 0.05) is 13.5 Å². The van der Waals surface area contributed by atoms with Crippen LogP contribution in [0.2, 0.25) is 4.34 Å². The number of rotatable bonds is 5. The first kappa shape index (κ1) is 13.9. The molecule has 1 aromatic heterocycles.